The molecule has 0 spiro atoms. The van der Waals surface area contributed by atoms with Crippen LogP contribution in [0.2, 0.25) is 0 Å². The van der Waals surface area contributed by atoms with Gasteiger partial charge in [-0.15, -0.1) is 0 Å². The predicted octanol–water partition coefficient (Wildman–Crippen LogP) is 2.58. The third-order valence-electron chi connectivity index (χ3n) is 2.33. The van der Waals surface area contributed by atoms with E-state index in [1.54, 1.807) is 14.0 Å². The lowest BCUT2D eigenvalue weighted by Crippen LogP contribution is -2.27. The van der Waals surface area contributed by atoms with E-state index in [0.717, 1.165) is 15.6 Å². The number of benzene rings is 1. The monoisotopic (exact) mass is 285 g/mol. The Morgan fingerprint density at radius 3 is 2.75 bits per heavy atom. The Morgan fingerprint density at radius 2 is 2.25 bits per heavy atom. The molecule has 0 bridgehead atoms. The largest absolute Gasteiger partial charge is 0.465 e. The Hall–Kier alpha value is -0.870. The third-order valence-corrected chi connectivity index (χ3v) is 3.22. The maximum Gasteiger partial charge on any atom is 0.327 e. The molecule has 1 aromatic carbocycles. The van der Waals surface area contributed by atoms with Gasteiger partial charge in [0.1, 0.15) is 6.04 Å². The number of ether oxygens (including phenoxy) is 1. The molecule has 4 heteroatoms. The van der Waals surface area contributed by atoms with E-state index in [1.807, 2.05) is 25.1 Å². The number of carbonyl (C=O) groups is 1. The zero-order chi connectivity index (χ0) is 12.1. The summed E-state index contributed by atoms with van der Waals surface area (Å²) in [5.74, 6) is -0.244. The molecule has 0 saturated carbocycles. The lowest BCUT2D eigenvalue weighted by molar-refractivity contribution is -0.145. The van der Waals surface area contributed by atoms with E-state index in [9.17, 15) is 4.79 Å². The molecule has 0 saturated heterocycles. The Morgan fingerprint density at radius 1 is 1.56 bits per heavy atom. The summed E-state index contributed by atoms with van der Waals surface area (Å²) in [6.45, 7) is 4.19. The van der Waals surface area contributed by atoms with Crippen LogP contribution >= 0.6 is 15.9 Å². The van der Waals surface area contributed by atoms with Crippen LogP contribution in [0.4, 0.5) is 0 Å². The van der Waals surface area contributed by atoms with Gasteiger partial charge in [0.15, 0.2) is 0 Å². The SMILES string of the molecule is CCOC(=O)C(NC)c1ccc(Br)c(C)c1. The molecule has 0 heterocycles. The fourth-order valence-corrected chi connectivity index (χ4v) is 1.74. The Balaban J connectivity index is 2.95. The summed E-state index contributed by atoms with van der Waals surface area (Å²) in [6.07, 6.45) is 0. The van der Waals surface area contributed by atoms with E-state index in [2.05, 4.69) is 21.2 Å². The molecule has 0 aliphatic rings. The van der Waals surface area contributed by atoms with Crippen LogP contribution in [0.1, 0.15) is 24.1 Å². The predicted molar refractivity (Wildman–Crippen MR) is 67.3 cm³/mol. The van der Waals surface area contributed by atoms with Gasteiger partial charge < -0.3 is 10.1 Å². The first kappa shape index (κ1) is 13.2. The number of rotatable bonds is 4. The standard InChI is InChI=1S/C12H16BrNO2/c1-4-16-12(15)11(14-3)9-5-6-10(13)8(2)7-9/h5-7,11,14H,4H2,1-3H3. The fraction of sp³-hybridized carbons (Fsp3) is 0.417. The number of likely N-dealkylation sites (N-methyl/N-ethyl adjacent to an activating group) is 1. The fourth-order valence-electron chi connectivity index (χ4n) is 1.49. The van der Waals surface area contributed by atoms with Crippen LogP contribution in [0.25, 0.3) is 0 Å². The number of halogens is 1. The first-order valence-electron chi connectivity index (χ1n) is 5.20. The van der Waals surface area contributed by atoms with Gasteiger partial charge in [0.05, 0.1) is 6.61 Å². The van der Waals surface area contributed by atoms with Gasteiger partial charge in [-0.2, -0.15) is 0 Å². The molecular weight excluding hydrogens is 270 g/mol. The van der Waals surface area contributed by atoms with Gasteiger partial charge in [-0.05, 0) is 38.1 Å². The minimum atomic E-state index is -0.397. The minimum absolute atomic E-state index is 0.244. The second kappa shape index (κ2) is 6.01. The van der Waals surface area contributed by atoms with Gasteiger partial charge in [0.2, 0.25) is 0 Å². The van der Waals surface area contributed by atoms with Gasteiger partial charge >= 0.3 is 5.97 Å². The number of hydrogen-bond donors (Lipinski definition) is 1. The zero-order valence-corrected chi connectivity index (χ0v) is 11.3. The topological polar surface area (TPSA) is 38.3 Å². The molecule has 0 amide bonds. The summed E-state index contributed by atoms with van der Waals surface area (Å²) in [5.41, 5.74) is 2.02. The first-order valence-corrected chi connectivity index (χ1v) is 5.99. The lowest BCUT2D eigenvalue weighted by atomic mass is 10.0. The van der Waals surface area contributed by atoms with Gasteiger partial charge in [-0.1, -0.05) is 28.1 Å². The van der Waals surface area contributed by atoms with Crippen LogP contribution in [0.5, 0.6) is 0 Å². The van der Waals surface area contributed by atoms with Crippen molar-refractivity contribution in [2.24, 2.45) is 0 Å². The summed E-state index contributed by atoms with van der Waals surface area (Å²) in [5, 5.41) is 2.96. The van der Waals surface area contributed by atoms with Crippen molar-refractivity contribution in [3.63, 3.8) is 0 Å². The van der Waals surface area contributed by atoms with E-state index in [4.69, 9.17) is 4.74 Å². The number of esters is 1. The van der Waals surface area contributed by atoms with Gasteiger partial charge in [-0.3, -0.25) is 0 Å². The molecule has 1 atom stereocenters. The summed E-state index contributed by atoms with van der Waals surface area (Å²) >= 11 is 3.43. The van der Waals surface area contributed by atoms with Crippen molar-refractivity contribution in [3.05, 3.63) is 33.8 Å². The van der Waals surface area contributed by atoms with Crippen LogP contribution in [-0.2, 0) is 9.53 Å². The molecular formula is C12H16BrNO2. The van der Waals surface area contributed by atoms with Gasteiger partial charge in [0.25, 0.3) is 0 Å². The summed E-state index contributed by atoms with van der Waals surface area (Å²) < 4.78 is 6.04. The minimum Gasteiger partial charge on any atom is -0.465 e. The Kier molecular flexibility index (Phi) is 4.96. The Labute approximate surface area is 104 Å². The van der Waals surface area contributed by atoms with Crippen LogP contribution in [0.3, 0.4) is 0 Å². The molecule has 88 valence electrons. The van der Waals surface area contributed by atoms with E-state index >= 15 is 0 Å². The molecule has 0 radical (unpaired) electrons. The number of hydrogen-bond acceptors (Lipinski definition) is 3. The van der Waals surface area contributed by atoms with Gasteiger partial charge in [-0.25, -0.2) is 4.79 Å². The van der Waals surface area contributed by atoms with Crippen molar-refractivity contribution in [1.29, 1.82) is 0 Å². The smallest absolute Gasteiger partial charge is 0.327 e. The highest BCUT2D eigenvalue weighted by Gasteiger charge is 2.19. The average molecular weight is 286 g/mol. The number of carbonyl (C=O) groups excluding carboxylic acids is 1. The van der Waals surface area contributed by atoms with Crippen LogP contribution in [0.15, 0.2) is 22.7 Å². The molecule has 16 heavy (non-hydrogen) atoms. The Bertz CT molecular complexity index is 379. The molecule has 0 aromatic heterocycles. The summed E-state index contributed by atoms with van der Waals surface area (Å²) in [6, 6.07) is 5.43. The number of aryl methyl sites for hydroxylation is 1. The van der Waals surface area contributed by atoms with Crippen LogP contribution in [0, 0.1) is 6.92 Å². The summed E-state index contributed by atoms with van der Waals surface area (Å²) in [4.78, 5) is 11.7. The van der Waals surface area contributed by atoms with Crippen molar-refractivity contribution in [2.45, 2.75) is 19.9 Å². The molecule has 1 aromatic rings. The van der Waals surface area contributed by atoms with E-state index in [0.29, 0.717) is 6.61 Å². The quantitative estimate of drug-likeness (QED) is 0.865. The maximum absolute atomic E-state index is 11.7. The highest BCUT2D eigenvalue weighted by atomic mass is 79.9. The molecule has 1 unspecified atom stereocenters. The zero-order valence-electron chi connectivity index (χ0n) is 9.71. The number of nitrogens with one attached hydrogen (secondary N) is 1. The molecule has 1 N–H and O–H groups in total. The van der Waals surface area contributed by atoms with E-state index < -0.39 is 6.04 Å². The average Bonchev–Trinajstić information content (AvgIpc) is 2.25. The summed E-state index contributed by atoms with van der Waals surface area (Å²) in [7, 11) is 1.75. The molecule has 0 aliphatic heterocycles. The molecule has 1 rings (SSSR count). The molecule has 0 fully saturated rings. The van der Waals surface area contributed by atoms with Gasteiger partial charge in [0, 0.05) is 4.47 Å². The van der Waals surface area contributed by atoms with Crippen molar-refractivity contribution < 1.29 is 9.53 Å². The lowest BCUT2D eigenvalue weighted by Gasteiger charge is -2.15. The maximum atomic E-state index is 11.7. The van der Waals surface area contributed by atoms with Crippen LogP contribution < -0.4 is 5.32 Å². The van der Waals surface area contributed by atoms with E-state index in [-0.39, 0.29) is 5.97 Å². The first-order chi connectivity index (χ1) is 7.60. The van der Waals surface area contributed by atoms with Crippen LogP contribution in [-0.4, -0.2) is 19.6 Å². The normalized spacial score (nSPS) is 12.2. The second-order valence-electron chi connectivity index (χ2n) is 3.48. The molecule has 0 aliphatic carbocycles. The van der Waals surface area contributed by atoms with Crippen molar-refractivity contribution in [3.8, 4) is 0 Å². The van der Waals surface area contributed by atoms with Crippen molar-refractivity contribution >= 4 is 21.9 Å². The molecule has 3 nitrogen and oxygen atoms in total. The van der Waals surface area contributed by atoms with E-state index in [1.165, 1.54) is 0 Å². The third kappa shape index (κ3) is 3.06. The van der Waals surface area contributed by atoms with Crippen molar-refractivity contribution in [1.82, 2.24) is 5.32 Å². The van der Waals surface area contributed by atoms with Crippen molar-refractivity contribution in [2.75, 3.05) is 13.7 Å². The highest BCUT2D eigenvalue weighted by molar-refractivity contribution is 9.10. The second-order valence-corrected chi connectivity index (χ2v) is 4.34. The highest BCUT2D eigenvalue weighted by Crippen LogP contribution is 2.21.